The highest BCUT2D eigenvalue weighted by Crippen LogP contribution is 2.21. The fraction of sp³-hybridized carbons (Fsp3) is 0.286. The molecule has 140 valence electrons. The van der Waals surface area contributed by atoms with Gasteiger partial charge in [-0.25, -0.2) is 4.79 Å². The zero-order valence-corrected chi connectivity index (χ0v) is 15.4. The van der Waals surface area contributed by atoms with Gasteiger partial charge in [0.05, 0.1) is 11.6 Å². The Hall–Kier alpha value is -3.15. The Labute approximate surface area is 157 Å². The van der Waals surface area contributed by atoms with Gasteiger partial charge in [0, 0.05) is 5.39 Å². The third-order valence-corrected chi connectivity index (χ3v) is 4.24. The Kier molecular flexibility index (Phi) is 5.86. The van der Waals surface area contributed by atoms with Crippen molar-refractivity contribution in [3.05, 3.63) is 65.9 Å². The average molecular weight is 365 g/mol. The zero-order valence-electron chi connectivity index (χ0n) is 15.4. The summed E-state index contributed by atoms with van der Waals surface area (Å²) in [6.45, 7) is 3.86. The Morgan fingerprint density at radius 2 is 1.78 bits per heavy atom. The molecule has 6 nitrogen and oxygen atoms in total. The molecule has 1 atom stereocenters. The van der Waals surface area contributed by atoms with Crippen LogP contribution in [0, 0.1) is 5.92 Å². The molecule has 3 aromatic rings. The fourth-order valence-electron chi connectivity index (χ4n) is 2.99. The number of aromatic nitrogens is 2. The van der Waals surface area contributed by atoms with Crippen LogP contribution in [0.4, 0.5) is 0 Å². The molecule has 6 heteroatoms. The van der Waals surface area contributed by atoms with E-state index >= 15 is 0 Å². The molecule has 1 aromatic heterocycles. The number of amides is 1. The normalized spacial score (nSPS) is 12.1. The van der Waals surface area contributed by atoms with Gasteiger partial charge in [-0.3, -0.25) is 9.89 Å². The number of ether oxygens (including phenoxy) is 1. The van der Waals surface area contributed by atoms with Crippen LogP contribution in [-0.2, 0) is 9.53 Å². The van der Waals surface area contributed by atoms with Crippen molar-refractivity contribution in [2.24, 2.45) is 5.92 Å². The Morgan fingerprint density at radius 3 is 2.52 bits per heavy atom. The topological polar surface area (TPSA) is 84.1 Å². The van der Waals surface area contributed by atoms with E-state index in [0.717, 1.165) is 17.5 Å². The second-order valence-corrected chi connectivity index (χ2v) is 6.85. The van der Waals surface area contributed by atoms with Gasteiger partial charge >= 0.3 is 5.97 Å². The van der Waals surface area contributed by atoms with E-state index < -0.39 is 5.97 Å². The number of hydrogen-bond donors (Lipinski definition) is 2. The molecule has 1 heterocycles. The highest BCUT2D eigenvalue weighted by Gasteiger charge is 2.19. The molecule has 0 aliphatic rings. The molecule has 0 radical (unpaired) electrons. The van der Waals surface area contributed by atoms with Gasteiger partial charge in [-0.05, 0) is 24.0 Å². The summed E-state index contributed by atoms with van der Waals surface area (Å²) in [5, 5.41) is 10.4. The number of carbonyl (C=O) groups is 2. The summed E-state index contributed by atoms with van der Waals surface area (Å²) in [6.07, 6.45) is 0.799. The number of H-pyrrole nitrogens is 1. The van der Waals surface area contributed by atoms with Crippen molar-refractivity contribution in [3.63, 3.8) is 0 Å². The van der Waals surface area contributed by atoms with Crippen LogP contribution in [-0.4, -0.2) is 28.7 Å². The molecule has 0 spiro atoms. The fourth-order valence-corrected chi connectivity index (χ4v) is 2.99. The number of nitrogens with one attached hydrogen (secondary N) is 2. The van der Waals surface area contributed by atoms with E-state index in [4.69, 9.17) is 4.74 Å². The molecule has 0 saturated heterocycles. The van der Waals surface area contributed by atoms with Gasteiger partial charge in [-0.2, -0.15) is 5.10 Å². The summed E-state index contributed by atoms with van der Waals surface area (Å²) in [4.78, 5) is 24.6. The molecule has 0 unspecified atom stereocenters. The monoisotopic (exact) mass is 365 g/mol. The number of rotatable bonds is 7. The van der Waals surface area contributed by atoms with Crippen LogP contribution in [0.5, 0.6) is 0 Å². The van der Waals surface area contributed by atoms with Crippen molar-refractivity contribution in [2.45, 2.75) is 26.3 Å². The Morgan fingerprint density at radius 1 is 1.07 bits per heavy atom. The summed E-state index contributed by atoms with van der Waals surface area (Å²) in [7, 11) is 0. The van der Waals surface area contributed by atoms with Crippen LogP contribution in [0.2, 0.25) is 0 Å². The minimum absolute atomic E-state index is 0.122. The van der Waals surface area contributed by atoms with Crippen molar-refractivity contribution in [1.82, 2.24) is 15.5 Å². The van der Waals surface area contributed by atoms with E-state index in [0.29, 0.717) is 11.3 Å². The van der Waals surface area contributed by atoms with Gasteiger partial charge in [-0.15, -0.1) is 0 Å². The van der Waals surface area contributed by atoms with Crippen LogP contribution in [0.1, 0.15) is 42.4 Å². The SMILES string of the molecule is CC(C)C[C@H](NC(=O)COC(=O)c1n[nH]c2ccccc12)c1ccccc1. The molecule has 0 aliphatic heterocycles. The summed E-state index contributed by atoms with van der Waals surface area (Å²) in [5.74, 6) is -0.547. The Balaban J connectivity index is 1.61. The van der Waals surface area contributed by atoms with Crippen molar-refractivity contribution in [2.75, 3.05) is 6.61 Å². The maximum Gasteiger partial charge on any atom is 0.359 e. The molecule has 0 aliphatic carbocycles. The second kappa shape index (κ2) is 8.49. The van der Waals surface area contributed by atoms with Crippen LogP contribution >= 0.6 is 0 Å². The highest BCUT2D eigenvalue weighted by molar-refractivity contribution is 6.02. The number of para-hydroxylation sites is 1. The quantitative estimate of drug-likeness (QED) is 0.626. The van der Waals surface area contributed by atoms with Crippen molar-refractivity contribution >= 4 is 22.8 Å². The standard InChI is InChI=1S/C21H23N3O3/c1-14(2)12-18(15-8-4-3-5-9-15)22-19(25)13-27-21(26)20-16-10-6-7-11-17(16)23-24-20/h3-11,14,18H,12-13H2,1-2H3,(H,22,25)(H,23,24)/t18-/m0/s1. The van der Waals surface area contributed by atoms with Gasteiger partial charge in [0.15, 0.2) is 12.3 Å². The van der Waals surface area contributed by atoms with E-state index in [1.54, 1.807) is 6.07 Å². The van der Waals surface area contributed by atoms with E-state index in [-0.39, 0.29) is 24.2 Å². The lowest BCUT2D eigenvalue weighted by Crippen LogP contribution is -2.33. The molecule has 2 aromatic carbocycles. The molecule has 0 fully saturated rings. The lowest BCUT2D eigenvalue weighted by atomic mass is 9.97. The lowest BCUT2D eigenvalue weighted by molar-refractivity contribution is -0.125. The van der Waals surface area contributed by atoms with E-state index in [1.165, 1.54) is 0 Å². The molecule has 1 amide bonds. The second-order valence-electron chi connectivity index (χ2n) is 6.85. The number of hydrogen-bond acceptors (Lipinski definition) is 4. The van der Waals surface area contributed by atoms with E-state index in [2.05, 4.69) is 29.4 Å². The van der Waals surface area contributed by atoms with Gasteiger partial charge < -0.3 is 10.1 Å². The maximum atomic E-state index is 12.3. The molecule has 27 heavy (non-hydrogen) atoms. The average Bonchev–Trinajstić information content (AvgIpc) is 3.10. The van der Waals surface area contributed by atoms with Crippen LogP contribution in [0.3, 0.4) is 0 Å². The number of carbonyl (C=O) groups excluding carboxylic acids is 2. The molecular weight excluding hydrogens is 342 g/mol. The molecule has 0 bridgehead atoms. The third-order valence-electron chi connectivity index (χ3n) is 4.24. The zero-order chi connectivity index (χ0) is 19.2. The van der Waals surface area contributed by atoms with Crippen LogP contribution in [0.25, 0.3) is 10.9 Å². The van der Waals surface area contributed by atoms with Crippen LogP contribution < -0.4 is 5.32 Å². The smallest absolute Gasteiger partial charge is 0.359 e. The first kappa shape index (κ1) is 18.6. The van der Waals surface area contributed by atoms with E-state index in [1.807, 2.05) is 48.5 Å². The van der Waals surface area contributed by atoms with Gasteiger partial charge in [0.1, 0.15) is 0 Å². The largest absolute Gasteiger partial charge is 0.451 e. The minimum Gasteiger partial charge on any atom is -0.451 e. The van der Waals surface area contributed by atoms with Crippen molar-refractivity contribution in [3.8, 4) is 0 Å². The summed E-state index contributed by atoms with van der Waals surface area (Å²) < 4.78 is 5.16. The summed E-state index contributed by atoms with van der Waals surface area (Å²) in [5.41, 5.74) is 1.96. The van der Waals surface area contributed by atoms with Gasteiger partial charge in [0.2, 0.25) is 0 Å². The molecular formula is C21H23N3O3. The van der Waals surface area contributed by atoms with Crippen molar-refractivity contribution in [1.29, 1.82) is 0 Å². The number of benzene rings is 2. The predicted molar refractivity (Wildman–Crippen MR) is 103 cm³/mol. The predicted octanol–water partition coefficient (Wildman–Crippen LogP) is 3.62. The maximum absolute atomic E-state index is 12.3. The number of aromatic amines is 1. The van der Waals surface area contributed by atoms with Gasteiger partial charge in [-0.1, -0.05) is 62.4 Å². The first-order valence-corrected chi connectivity index (χ1v) is 8.99. The van der Waals surface area contributed by atoms with Gasteiger partial charge in [0.25, 0.3) is 5.91 Å². The summed E-state index contributed by atoms with van der Waals surface area (Å²) in [6, 6.07) is 16.9. The first-order valence-electron chi connectivity index (χ1n) is 8.99. The van der Waals surface area contributed by atoms with E-state index in [9.17, 15) is 9.59 Å². The number of fused-ring (bicyclic) bond motifs is 1. The number of nitrogens with zero attached hydrogens (tertiary/aromatic N) is 1. The third kappa shape index (κ3) is 4.73. The Bertz CT molecular complexity index is 919. The molecule has 0 saturated carbocycles. The molecule has 2 N–H and O–H groups in total. The highest BCUT2D eigenvalue weighted by atomic mass is 16.5. The van der Waals surface area contributed by atoms with Crippen LogP contribution in [0.15, 0.2) is 54.6 Å². The van der Waals surface area contributed by atoms with Crippen molar-refractivity contribution < 1.29 is 14.3 Å². The summed E-state index contributed by atoms with van der Waals surface area (Å²) >= 11 is 0. The lowest BCUT2D eigenvalue weighted by Gasteiger charge is -2.21. The number of esters is 1. The molecule has 3 rings (SSSR count). The first-order chi connectivity index (χ1) is 13.0. The minimum atomic E-state index is -0.622.